The molecule has 0 radical (unpaired) electrons. The Morgan fingerprint density at radius 1 is 0.433 bits per heavy atom. The number of rotatable bonds is 12. The van der Waals surface area contributed by atoms with Gasteiger partial charge < -0.3 is 30.4 Å². The molecule has 0 fully saturated rings. The first-order chi connectivity index (χ1) is 32.8. The van der Waals surface area contributed by atoms with E-state index in [-0.39, 0.29) is 17.2 Å². The largest absolute Gasteiger partial charge is 0.508 e. The Labute approximate surface area is 396 Å². The second-order valence-corrected chi connectivity index (χ2v) is 16.4. The number of aliphatic hydroxyl groups excluding tert-OH is 1. The van der Waals surface area contributed by atoms with Gasteiger partial charge >= 0.3 is 0 Å². The summed E-state index contributed by atoms with van der Waals surface area (Å²) in [6.45, 7) is 12.5. The molecule has 8 heteroatoms. The molecule has 9 rings (SSSR count). The van der Waals surface area contributed by atoms with Crippen molar-refractivity contribution in [2.45, 2.75) is 112 Å². The molecule has 348 valence electrons. The van der Waals surface area contributed by atoms with E-state index in [1.54, 1.807) is 42.5 Å². The Morgan fingerprint density at radius 3 is 1.06 bits per heavy atom. The summed E-state index contributed by atoms with van der Waals surface area (Å²) in [4.78, 5) is 17.8. The minimum Gasteiger partial charge on any atom is -0.508 e. The molecule has 0 amide bonds. The SMILES string of the molecule is CC.CC.CCCCCCCCCCC.Oc1ccc(-c2c3nc(c(-c4ccc(O)cc4)c4ccc([nH]4)c(-c4ccc(O)cc4)c4nc(c(C5=CCC(O)C=C5)c5ccc2[nH]5)C=C4)C=C3)cc1. The first-order valence-corrected chi connectivity index (χ1v) is 24.4. The zero-order valence-electron chi connectivity index (χ0n) is 40.1. The van der Waals surface area contributed by atoms with Crippen LogP contribution < -0.4 is 0 Å². The predicted octanol–water partition coefficient (Wildman–Crippen LogP) is 16.1. The smallest absolute Gasteiger partial charge is 0.115 e. The van der Waals surface area contributed by atoms with Crippen molar-refractivity contribution in [1.82, 2.24) is 19.9 Å². The van der Waals surface area contributed by atoms with Crippen LogP contribution in [0, 0.1) is 0 Å². The van der Waals surface area contributed by atoms with Gasteiger partial charge in [0, 0.05) is 44.3 Å². The number of hydrogen-bond acceptors (Lipinski definition) is 6. The number of aromatic hydroxyl groups is 3. The molecule has 3 aromatic carbocycles. The van der Waals surface area contributed by atoms with Gasteiger partial charge in [0.2, 0.25) is 0 Å². The van der Waals surface area contributed by atoms with E-state index in [1.807, 2.05) is 125 Å². The van der Waals surface area contributed by atoms with E-state index in [4.69, 9.17) is 9.97 Å². The molecule has 6 N–H and O–H groups in total. The molecule has 3 aliphatic rings. The van der Waals surface area contributed by atoms with Crippen molar-refractivity contribution in [3.05, 3.63) is 144 Å². The molecule has 0 spiro atoms. The molecule has 1 unspecified atom stereocenters. The lowest BCUT2D eigenvalue weighted by molar-refractivity contribution is 0.226. The van der Waals surface area contributed by atoms with Crippen molar-refractivity contribution in [3.8, 4) is 50.6 Å². The molecule has 0 saturated carbocycles. The monoisotopic (exact) mass is 897 g/mol. The molecule has 8 bridgehead atoms. The Balaban J connectivity index is 0.000000433. The number of hydrogen-bond donors (Lipinski definition) is 6. The van der Waals surface area contributed by atoms with E-state index < -0.39 is 6.10 Å². The number of phenolic OH excluding ortho intramolecular Hbond substituents is 3. The van der Waals surface area contributed by atoms with Crippen LogP contribution in [-0.4, -0.2) is 46.5 Å². The number of benzene rings is 3. The molecule has 0 saturated heterocycles. The van der Waals surface area contributed by atoms with Crippen molar-refractivity contribution < 1.29 is 20.4 Å². The minimum absolute atomic E-state index is 0.166. The fourth-order valence-electron chi connectivity index (χ4n) is 8.48. The number of fused-ring (bicyclic) bond motifs is 8. The van der Waals surface area contributed by atoms with Gasteiger partial charge in [0.25, 0.3) is 0 Å². The number of unbranched alkanes of at least 4 members (excludes halogenated alkanes) is 8. The lowest BCUT2D eigenvalue weighted by Crippen LogP contribution is -2.04. The van der Waals surface area contributed by atoms with Crippen LogP contribution in [0.5, 0.6) is 17.2 Å². The average molecular weight is 897 g/mol. The van der Waals surface area contributed by atoms with Crippen LogP contribution in [0.2, 0.25) is 0 Å². The number of nitrogens with zero attached hydrogens (tertiary/aromatic N) is 2. The van der Waals surface area contributed by atoms with Crippen molar-refractivity contribution in [3.63, 3.8) is 0 Å². The minimum atomic E-state index is -0.551. The van der Waals surface area contributed by atoms with Crippen LogP contribution in [0.4, 0.5) is 0 Å². The summed E-state index contributed by atoms with van der Waals surface area (Å²) in [6.07, 6.45) is 26.7. The van der Waals surface area contributed by atoms with Crippen molar-refractivity contribution in [2.75, 3.05) is 0 Å². The summed E-state index contributed by atoms with van der Waals surface area (Å²) in [5, 5.41) is 40.8. The van der Waals surface area contributed by atoms with Crippen molar-refractivity contribution >= 4 is 51.9 Å². The van der Waals surface area contributed by atoms with Gasteiger partial charge in [-0.25, -0.2) is 9.97 Å². The summed E-state index contributed by atoms with van der Waals surface area (Å²) in [7, 11) is 0. The number of allylic oxidation sites excluding steroid dienone is 2. The van der Waals surface area contributed by atoms with Crippen LogP contribution in [0.25, 0.3) is 85.3 Å². The highest BCUT2D eigenvalue weighted by molar-refractivity contribution is 5.99. The molecule has 8 nitrogen and oxygen atoms in total. The van der Waals surface area contributed by atoms with Gasteiger partial charge in [-0.1, -0.05) is 154 Å². The third kappa shape index (κ3) is 12.3. The van der Waals surface area contributed by atoms with Gasteiger partial charge in [-0.2, -0.15) is 0 Å². The van der Waals surface area contributed by atoms with Gasteiger partial charge in [-0.05, 0) is 114 Å². The van der Waals surface area contributed by atoms with Crippen LogP contribution in [0.15, 0.2) is 115 Å². The molecule has 3 aromatic heterocycles. The van der Waals surface area contributed by atoms with Gasteiger partial charge in [0.1, 0.15) is 17.2 Å². The molecular weight excluding hydrogens is 829 g/mol. The first kappa shape index (κ1) is 49.5. The van der Waals surface area contributed by atoms with Crippen LogP contribution >= 0.6 is 0 Å². The standard InChI is InChI=1S/C44H32N4O4.C11H24.2C2H6/c49-29-9-1-25(2-10-29)41-33-17-19-35(45-33)42(26-3-11-30(50)12-4-26)37-21-23-39(47-37)44(28-7-15-32(52)16-8-28)40-24-22-38(48-40)43(36-20-18-34(41)46-36)27-5-13-31(51)14-6-27;1-3-5-7-9-11-10-8-6-4-2;2*1-2/h1-15,17-24,32,45,48-52H,16H2;3-11H2,1-2H3;2*1-2H3. The number of aromatic amines is 2. The number of aliphatic hydroxyl groups is 1. The maximum atomic E-state index is 10.3. The van der Waals surface area contributed by atoms with Crippen molar-refractivity contribution in [1.29, 1.82) is 0 Å². The zero-order chi connectivity index (χ0) is 47.7. The highest BCUT2D eigenvalue weighted by Gasteiger charge is 2.20. The molecule has 67 heavy (non-hydrogen) atoms. The predicted molar refractivity (Wildman–Crippen MR) is 283 cm³/mol. The molecule has 6 aromatic rings. The second-order valence-electron chi connectivity index (χ2n) is 16.4. The number of H-pyrrole nitrogens is 2. The molecule has 1 atom stereocenters. The number of phenols is 3. The molecule has 2 aliphatic heterocycles. The summed E-state index contributed by atoms with van der Waals surface area (Å²) in [5.41, 5.74) is 13.2. The van der Waals surface area contributed by atoms with E-state index in [0.29, 0.717) is 6.42 Å². The average Bonchev–Trinajstić information content (AvgIpc) is 4.21. The van der Waals surface area contributed by atoms with Gasteiger partial charge in [-0.3, -0.25) is 0 Å². The van der Waals surface area contributed by atoms with E-state index in [9.17, 15) is 20.4 Å². The molecule has 1 aliphatic carbocycles. The Hall–Kier alpha value is -6.90. The lowest BCUT2D eigenvalue weighted by atomic mass is 9.97. The summed E-state index contributed by atoms with van der Waals surface area (Å²) in [5.74, 6) is 0.503. The Bertz CT molecular complexity index is 2790. The lowest BCUT2D eigenvalue weighted by Gasteiger charge is -2.12. The Morgan fingerprint density at radius 2 is 0.746 bits per heavy atom. The van der Waals surface area contributed by atoms with Crippen LogP contribution in [0.3, 0.4) is 0 Å². The summed E-state index contributed by atoms with van der Waals surface area (Å²) >= 11 is 0. The van der Waals surface area contributed by atoms with E-state index in [1.165, 1.54) is 57.8 Å². The second kappa shape index (κ2) is 24.6. The normalized spacial score (nSPS) is 13.4. The van der Waals surface area contributed by atoms with Gasteiger partial charge in [-0.15, -0.1) is 0 Å². The van der Waals surface area contributed by atoms with Crippen LogP contribution in [0.1, 0.15) is 134 Å². The highest BCUT2D eigenvalue weighted by Crippen LogP contribution is 2.39. The first-order valence-electron chi connectivity index (χ1n) is 24.4. The van der Waals surface area contributed by atoms with E-state index in [2.05, 4.69) is 23.8 Å². The quantitative estimate of drug-likeness (QED) is 0.0676. The fraction of sp³-hybridized carbons (Fsp3) is 0.288. The van der Waals surface area contributed by atoms with Gasteiger partial charge in [0.05, 0.1) is 28.9 Å². The number of aromatic nitrogens is 4. The maximum absolute atomic E-state index is 10.3. The summed E-state index contributed by atoms with van der Waals surface area (Å²) < 4.78 is 0. The topological polar surface area (TPSA) is 138 Å². The summed E-state index contributed by atoms with van der Waals surface area (Å²) in [6, 6.07) is 29.4. The maximum Gasteiger partial charge on any atom is 0.115 e. The third-order valence-corrected chi connectivity index (χ3v) is 11.8. The highest BCUT2D eigenvalue weighted by atomic mass is 16.3. The zero-order valence-corrected chi connectivity index (χ0v) is 40.1. The van der Waals surface area contributed by atoms with Crippen molar-refractivity contribution in [2.24, 2.45) is 0 Å². The third-order valence-electron chi connectivity index (χ3n) is 11.8. The molecule has 5 heterocycles. The van der Waals surface area contributed by atoms with Crippen LogP contribution in [-0.2, 0) is 0 Å². The van der Waals surface area contributed by atoms with E-state index >= 15 is 0 Å². The molecular formula is C59H68N4O4. The number of nitrogens with one attached hydrogen (secondary N) is 2. The van der Waals surface area contributed by atoms with Gasteiger partial charge in [0.15, 0.2) is 0 Å². The Kier molecular flexibility index (Phi) is 18.2. The van der Waals surface area contributed by atoms with E-state index in [0.717, 1.165) is 89.4 Å². The fourth-order valence-corrected chi connectivity index (χ4v) is 8.48.